The van der Waals surface area contributed by atoms with Crippen LogP contribution in [0.15, 0.2) is 87.1 Å². The molecule has 33 heavy (non-hydrogen) atoms. The van der Waals surface area contributed by atoms with Gasteiger partial charge < -0.3 is 0 Å². The van der Waals surface area contributed by atoms with Gasteiger partial charge in [-0.2, -0.15) is 8.42 Å². The highest BCUT2D eigenvalue weighted by Gasteiger charge is 2.30. The first-order valence-electron chi connectivity index (χ1n) is 10.0. The largest absolute Gasteiger partial charge is 0.283 e. The van der Waals surface area contributed by atoms with Crippen molar-refractivity contribution in [1.82, 2.24) is 4.31 Å². The molecular formula is C24H21FN2O4S2. The first-order chi connectivity index (χ1) is 15.6. The molecule has 0 spiro atoms. The number of hydrogen-bond donors (Lipinski definition) is 0. The average molecular weight is 485 g/mol. The van der Waals surface area contributed by atoms with E-state index in [0.717, 1.165) is 15.4 Å². The summed E-state index contributed by atoms with van der Waals surface area (Å²) < 4.78 is 71.6. The van der Waals surface area contributed by atoms with E-state index in [2.05, 4.69) is 4.40 Å². The fourth-order valence-corrected chi connectivity index (χ4v) is 5.76. The molecule has 1 heterocycles. The number of benzene rings is 3. The number of nitrogens with zero attached hydrogens (tertiary/aromatic N) is 2. The highest BCUT2D eigenvalue weighted by Crippen LogP contribution is 2.26. The first-order valence-corrected chi connectivity index (χ1v) is 12.9. The van der Waals surface area contributed by atoms with Crippen molar-refractivity contribution >= 4 is 32.0 Å². The van der Waals surface area contributed by atoms with Crippen molar-refractivity contribution in [1.29, 1.82) is 0 Å². The number of fused-ring (bicyclic) bond motifs is 1. The smallest absolute Gasteiger partial charge is 0.227 e. The molecule has 0 aromatic heterocycles. The minimum Gasteiger partial charge on any atom is -0.227 e. The maximum Gasteiger partial charge on any atom is 0.283 e. The summed E-state index contributed by atoms with van der Waals surface area (Å²) in [5.41, 5.74) is 2.74. The Labute approximate surface area is 192 Å². The second kappa shape index (κ2) is 8.57. The van der Waals surface area contributed by atoms with E-state index in [9.17, 15) is 21.2 Å². The number of aryl methyl sites for hydroxylation is 2. The molecule has 0 amide bonds. The molecule has 170 valence electrons. The molecule has 1 aliphatic heterocycles. The van der Waals surface area contributed by atoms with Crippen LogP contribution < -0.4 is 0 Å². The summed E-state index contributed by atoms with van der Waals surface area (Å²) in [6.07, 6.45) is 2.52. The van der Waals surface area contributed by atoms with Gasteiger partial charge >= 0.3 is 0 Å². The van der Waals surface area contributed by atoms with Crippen LogP contribution in [-0.2, 0) is 26.5 Å². The van der Waals surface area contributed by atoms with Crippen molar-refractivity contribution in [3.8, 4) is 0 Å². The molecule has 0 radical (unpaired) electrons. The van der Waals surface area contributed by atoms with E-state index in [-0.39, 0.29) is 22.0 Å². The van der Waals surface area contributed by atoms with Gasteiger partial charge in [-0.25, -0.2) is 17.1 Å². The predicted octanol–water partition coefficient (Wildman–Crippen LogP) is 4.45. The zero-order valence-electron chi connectivity index (χ0n) is 17.9. The number of halogens is 1. The van der Waals surface area contributed by atoms with Gasteiger partial charge in [-0.1, -0.05) is 41.5 Å². The molecule has 0 atom stereocenters. The Hall–Kier alpha value is -3.30. The van der Waals surface area contributed by atoms with Crippen LogP contribution in [0.4, 0.5) is 4.39 Å². The van der Waals surface area contributed by atoms with Crippen LogP contribution >= 0.6 is 0 Å². The van der Waals surface area contributed by atoms with Gasteiger partial charge in [0.25, 0.3) is 20.0 Å². The summed E-state index contributed by atoms with van der Waals surface area (Å²) in [6.45, 7) is 3.65. The van der Waals surface area contributed by atoms with Gasteiger partial charge in [0.1, 0.15) is 11.7 Å². The minimum atomic E-state index is -4.21. The summed E-state index contributed by atoms with van der Waals surface area (Å²) in [5, 5.41) is 0. The summed E-state index contributed by atoms with van der Waals surface area (Å²) in [6, 6.07) is 16.3. The lowest BCUT2D eigenvalue weighted by Crippen LogP contribution is -2.34. The van der Waals surface area contributed by atoms with Crippen LogP contribution in [0.3, 0.4) is 0 Å². The van der Waals surface area contributed by atoms with Crippen LogP contribution in [0.5, 0.6) is 0 Å². The molecule has 4 rings (SSSR count). The monoisotopic (exact) mass is 484 g/mol. The third kappa shape index (κ3) is 4.74. The van der Waals surface area contributed by atoms with Gasteiger partial charge in [-0.05, 0) is 67.4 Å². The van der Waals surface area contributed by atoms with E-state index in [1.807, 2.05) is 13.8 Å². The zero-order valence-corrected chi connectivity index (χ0v) is 19.6. The van der Waals surface area contributed by atoms with Gasteiger partial charge in [0.2, 0.25) is 0 Å². The lowest BCUT2D eigenvalue weighted by molar-refractivity contribution is 0.562. The summed E-state index contributed by atoms with van der Waals surface area (Å²) in [5.74, 6) is -0.697. The van der Waals surface area contributed by atoms with E-state index < -0.39 is 25.9 Å². The van der Waals surface area contributed by atoms with Crippen molar-refractivity contribution < 1.29 is 21.2 Å². The predicted molar refractivity (Wildman–Crippen MR) is 125 cm³/mol. The molecule has 0 aliphatic carbocycles. The van der Waals surface area contributed by atoms with Crippen molar-refractivity contribution in [2.45, 2.75) is 30.1 Å². The summed E-state index contributed by atoms with van der Waals surface area (Å²) >= 11 is 0. The molecule has 9 heteroatoms. The lowest BCUT2D eigenvalue weighted by Gasteiger charge is -2.21. The fourth-order valence-electron chi connectivity index (χ4n) is 3.38. The van der Waals surface area contributed by atoms with Gasteiger partial charge in [0.05, 0.1) is 9.79 Å². The minimum absolute atomic E-state index is 0.0182. The number of sulfonamides is 2. The highest BCUT2D eigenvalue weighted by atomic mass is 32.2. The maximum absolute atomic E-state index is 13.8. The van der Waals surface area contributed by atoms with E-state index in [4.69, 9.17) is 0 Å². The third-order valence-corrected chi connectivity index (χ3v) is 8.26. The van der Waals surface area contributed by atoms with Crippen molar-refractivity contribution in [2.75, 3.05) is 0 Å². The van der Waals surface area contributed by atoms with Gasteiger partial charge in [-0.3, -0.25) is 0 Å². The molecule has 3 aromatic rings. The molecule has 0 unspecified atom stereocenters. The van der Waals surface area contributed by atoms with Gasteiger partial charge in [-0.15, -0.1) is 4.40 Å². The number of hydrogen-bond acceptors (Lipinski definition) is 4. The van der Waals surface area contributed by atoms with Gasteiger partial charge in [0.15, 0.2) is 0 Å². The van der Waals surface area contributed by atoms with E-state index >= 15 is 0 Å². The first kappa shape index (κ1) is 22.9. The second-order valence-corrected chi connectivity index (χ2v) is 11.2. The van der Waals surface area contributed by atoms with Crippen LogP contribution in [0.25, 0.3) is 6.08 Å². The molecule has 3 aromatic carbocycles. The van der Waals surface area contributed by atoms with Crippen molar-refractivity contribution in [3.63, 3.8) is 0 Å². The Morgan fingerprint density at radius 2 is 1.39 bits per heavy atom. The van der Waals surface area contributed by atoms with Crippen LogP contribution in [-0.4, -0.2) is 27.0 Å². The molecule has 0 bridgehead atoms. The van der Waals surface area contributed by atoms with Crippen LogP contribution in [0, 0.1) is 19.7 Å². The van der Waals surface area contributed by atoms with Gasteiger partial charge in [0, 0.05) is 12.6 Å². The summed E-state index contributed by atoms with van der Waals surface area (Å²) in [4.78, 5) is -0.0730. The Balaban J connectivity index is 1.88. The Kier molecular flexibility index (Phi) is 5.94. The maximum atomic E-state index is 13.8. The number of rotatable bonds is 4. The third-order valence-electron chi connectivity index (χ3n) is 5.22. The second-order valence-electron chi connectivity index (χ2n) is 7.75. The SMILES string of the molecule is Cc1ccc(S(=O)(=O)/N=C2/Cc3ccc(F)cc3C=CN2S(=O)(=O)c2ccc(C)cc2)cc1. The zero-order chi connectivity index (χ0) is 23.8. The highest BCUT2D eigenvalue weighted by molar-refractivity contribution is 7.91. The van der Waals surface area contributed by atoms with E-state index in [1.165, 1.54) is 54.7 Å². The standard InChI is InChI=1S/C24H21FN2O4S2/c1-17-3-9-22(10-4-17)32(28,29)26-24-16-19-7-8-21(25)15-20(19)13-14-27(24)33(30,31)23-11-5-18(2)6-12-23/h3-15H,16H2,1-2H3/b26-24-. The number of amidine groups is 1. The van der Waals surface area contributed by atoms with Crippen molar-refractivity contribution in [2.24, 2.45) is 4.40 Å². The normalized spacial score (nSPS) is 15.4. The van der Waals surface area contributed by atoms with Crippen LogP contribution in [0.1, 0.15) is 22.3 Å². The van der Waals surface area contributed by atoms with Crippen LogP contribution in [0.2, 0.25) is 0 Å². The Morgan fingerprint density at radius 1 is 0.818 bits per heavy atom. The molecular weight excluding hydrogens is 463 g/mol. The Morgan fingerprint density at radius 3 is 2.00 bits per heavy atom. The average Bonchev–Trinajstić information content (AvgIpc) is 2.93. The molecule has 6 nitrogen and oxygen atoms in total. The summed E-state index contributed by atoms with van der Waals surface area (Å²) in [7, 11) is -8.39. The quantitative estimate of drug-likeness (QED) is 0.548. The fraction of sp³-hybridized carbons (Fsp3) is 0.125. The topological polar surface area (TPSA) is 83.9 Å². The lowest BCUT2D eigenvalue weighted by atomic mass is 10.0. The molecule has 0 fully saturated rings. The molecule has 0 N–H and O–H groups in total. The molecule has 0 saturated carbocycles. The van der Waals surface area contributed by atoms with Crippen molar-refractivity contribution in [3.05, 3.63) is 101 Å². The van der Waals surface area contributed by atoms with E-state index in [1.54, 1.807) is 24.3 Å². The van der Waals surface area contributed by atoms with E-state index in [0.29, 0.717) is 11.1 Å². The molecule has 0 saturated heterocycles. The Bertz CT molecular complexity index is 1480. The molecule has 1 aliphatic rings.